The molecule has 9 heteroatoms. The Morgan fingerprint density at radius 3 is 2.48 bits per heavy atom. The lowest BCUT2D eigenvalue weighted by atomic mass is 9.95. The van der Waals surface area contributed by atoms with Crippen LogP contribution in [0.4, 0.5) is 13.2 Å². The van der Waals surface area contributed by atoms with Gasteiger partial charge in [-0.2, -0.15) is 13.2 Å². The van der Waals surface area contributed by atoms with E-state index in [1.54, 1.807) is 10.8 Å². The van der Waals surface area contributed by atoms with Crippen molar-refractivity contribution >= 4 is 19.2 Å². The summed E-state index contributed by atoms with van der Waals surface area (Å²) in [6, 6.07) is 12.8. The summed E-state index contributed by atoms with van der Waals surface area (Å²) in [6.45, 7) is -0.248. The highest BCUT2D eigenvalue weighted by Crippen LogP contribution is 2.37. The van der Waals surface area contributed by atoms with Gasteiger partial charge in [0, 0.05) is 18.8 Å². The Kier molecular flexibility index (Phi) is 5.51. The Bertz CT molecular complexity index is 1160. The predicted molar refractivity (Wildman–Crippen MR) is 114 cm³/mol. The lowest BCUT2D eigenvalue weighted by molar-refractivity contribution is -0.137. The molecule has 2 aromatic carbocycles. The van der Waals surface area contributed by atoms with E-state index >= 15 is 0 Å². The molecular formula is C22H21BF3N3O2. The minimum absolute atomic E-state index is 0.0499. The summed E-state index contributed by atoms with van der Waals surface area (Å²) in [4.78, 5) is 25.3. The lowest BCUT2D eigenvalue weighted by Gasteiger charge is -2.09. The maximum atomic E-state index is 12.9. The van der Waals surface area contributed by atoms with Crippen molar-refractivity contribution in [2.24, 2.45) is 0 Å². The summed E-state index contributed by atoms with van der Waals surface area (Å²) >= 11 is 0. The highest BCUT2D eigenvalue weighted by Gasteiger charge is 2.31. The highest BCUT2D eigenvalue weighted by atomic mass is 19.4. The van der Waals surface area contributed by atoms with Crippen LogP contribution in [0.15, 0.2) is 59.5 Å². The summed E-state index contributed by atoms with van der Waals surface area (Å²) in [5.41, 5.74) is 2.09. The van der Waals surface area contributed by atoms with Gasteiger partial charge in [0.1, 0.15) is 14.4 Å². The number of amides is 1. The van der Waals surface area contributed by atoms with Gasteiger partial charge < -0.3 is 5.32 Å². The molecule has 0 radical (unpaired) electrons. The van der Waals surface area contributed by atoms with Crippen molar-refractivity contribution in [3.8, 4) is 11.3 Å². The molecule has 0 unspecified atom stereocenters. The standard InChI is InChI=1S/C22H21BF3N3O2/c23-17-6-4-15(5-7-17)19-12-28(21(31)29(19)18-8-9-18)13-20(30)27-11-14-2-1-3-16(10-14)22(24,25)26/h1-7,10,12,18H,8-9,11,13,23H2,(H,27,30). The number of nitrogens with one attached hydrogen (secondary N) is 1. The molecule has 1 amide bonds. The molecule has 1 saturated carbocycles. The van der Waals surface area contributed by atoms with E-state index in [4.69, 9.17) is 0 Å². The molecule has 0 bridgehead atoms. The zero-order valence-corrected chi connectivity index (χ0v) is 16.9. The first kappa shape index (κ1) is 21.0. The van der Waals surface area contributed by atoms with Gasteiger partial charge >= 0.3 is 11.9 Å². The lowest BCUT2D eigenvalue weighted by Crippen LogP contribution is -2.32. The average molecular weight is 427 g/mol. The monoisotopic (exact) mass is 427 g/mol. The number of nitrogens with zero attached hydrogens (tertiary/aromatic N) is 2. The quantitative estimate of drug-likeness (QED) is 0.614. The van der Waals surface area contributed by atoms with Crippen LogP contribution in [-0.2, 0) is 24.1 Å². The van der Waals surface area contributed by atoms with Gasteiger partial charge in [0.25, 0.3) is 0 Å². The smallest absolute Gasteiger partial charge is 0.350 e. The first-order chi connectivity index (χ1) is 14.7. The van der Waals surface area contributed by atoms with Crippen molar-refractivity contribution in [1.29, 1.82) is 0 Å². The van der Waals surface area contributed by atoms with Crippen LogP contribution in [-0.4, -0.2) is 22.9 Å². The molecule has 160 valence electrons. The Hall–Kier alpha value is -3.23. The predicted octanol–water partition coefficient (Wildman–Crippen LogP) is 2.25. The van der Waals surface area contributed by atoms with Crippen LogP contribution in [0, 0.1) is 0 Å². The molecular weight excluding hydrogens is 406 g/mol. The third-order valence-electron chi connectivity index (χ3n) is 5.31. The van der Waals surface area contributed by atoms with Gasteiger partial charge in [-0.05, 0) is 36.1 Å². The molecule has 0 saturated heterocycles. The van der Waals surface area contributed by atoms with Gasteiger partial charge in [-0.25, -0.2) is 4.79 Å². The molecule has 0 spiro atoms. The van der Waals surface area contributed by atoms with Crippen molar-refractivity contribution in [2.75, 3.05) is 0 Å². The number of carbonyl (C=O) groups is 1. The van der Waals surface area contributed by atoms with Crippen LogP contribution >= 0.6 is 0 Å². The molecule has 4 rings (SSSR count). The summed E-state index contributed by atoms with van der Waals surface area (Å²) in [5, 5.41) is 2.60. The molecule has 0 atom stereocenters. The van der Waals surface area contributed by atoms with Gasteiger partial charge in [-0.15, -0.1) is 0 Å². The number of rotatable bonds is 6. The highest BCUT2D eigenvalue weighted by molar-refractivity contribution is 6.32. The summed E-state index contributed by atoms with van der Waals surface area (Å²) in [5.74, 6) is -0.442. The van der Waals surface area contributed by atoms with E-state index in [9.17, 15) is 22.8 Å². The number of imidazole rings is 1. The third-order valence-corrected chi connectivity index (χ3v) is 5.31. The van der Waals surface area contributed by atoms with E-state index in [2.05, 4.69) is 5.32 Å². The summed E-state index contributed by atoms with van der Waals surface area (Å²) in [6.07, 6.45) is -0.921. The van der Waals surface area contributed by atoms with Crippen LogP contribution in [0.2, 0.25) is 0 Å². The number of alkyl halides is 3. The second-order valence-corrected chi connectivity index (χ2v) is 7.87. The zero-order chi connectivity index (χ0) is 22.2. The van der Waals surface area contributed by atoms with Crippen LogP contribution < -0.4 is 16.5 Å². The average Bonchev–Trinajstić information content (AvgIpc) is 3.51. The minimum Gasteiger partial charge on any atom is -0.350 e. The molecule has 0 aliphatic heterocycles. The Labute approximate surface area is 177 Å². The van der Waals surface area contributed by atoms with Gasteiger partial charge in [0.15, 0.2) is 0 Å². The molecule has 1 aromatic heterocycles. The zero-order valence-electron chi connectivity index (χ0n) is 16.9. The number of hydrogen-bond donors (Lipinski definition) is 1. The van der Waals surface area contributed by atoms with Crippen LogP contribution in [0.5, 0.6) is 0 Å². The normalized spacial score (nSPS) is 13.9. The van der Waals surface area contributed by atoms with Gasteiger partial charge in [-0.3, -0.25) is 13.9 Å². The number of benzene rings is 2. The minimum atomic E-state index is -4.44. The van der Waals surface area contributed by atoms with Crippen molar-refractivity contribution in [2.45, 2.75) is 38.1 Å². The van der Waals surface area contributed by atoms with E-state index in [0.29, 0.717) is 5.56 Å². The second kappa shape index (κ2) is 8.13. The number of aromatic nitrogens is 2. The number of halogens is 3. The summed E-state index contributed by atoms with van der Waals surface area (Å²) < 4.78 is 41.6. The Morgan fingerprint density at radius 2 is 1.84 bits per heavy atom. The van der Waals surface area contributed by atoms with E-state index in [-0.39, 0.29) is 24.8 Å². The van der Waals surface area contributed by atoms with Crippen molar-refractivity contribution in [3.63, 3.8) is 0 Å². The van der Waals surface area contributed by atoms with Crippen molar-refractivity contribution in [1.82, 2.24) is 14.5 Å². The first-order valence-corrected chi connectivity index (χ1v) is 10.0. The van der Waals surface area contributed by atoms with Crippen molar-refractivity contribution in [3.05, 3.63) is 76.3 Å². The molecule has 1 aliphatic carbocycles. The second-order valence-electron chi connectivity index (χ2n) is 7.87. The molecule has 1 aliphatic rings. The molecule has 1 heterocycles. The Morgan fingerprint density at radius 1 is 1.13 bits per heavy atom. The molecule has 1 N–H and O–H groups in total. The third kappa shape index (κ3) is 4.76. The van der Waals surface area contributed by atoms with Crippen LogP contribution in [0.1, 0.15) is 30.0 Å². The topological polar surface area (TPSA) is 56.0 Å². The first-order valence-electron chi connectivity index (χ1n) is 10.0. The van der Waals surface area contributed by atoms with Gasteiger partial charge in [0.2, 0.25) is 5.91 Å². The van der Waals surface area contributed by atoms with E-state index < -0.39 is 17.6 Å². The maximum absolute atomic E-state index is 12.9. The Balaban J connectivity index is 1.49. The molecule has 5 nitrogen and oxygen atoms in total. The summed E-state index contributed by atoms with van der Waals surface area (Å²) in [7, 11) is 1.98. The largest absolute Gasteiger partial charge is 0.416 e. The fraction of sp³-hybridized carbons (Fsp3) is 0.273. The maximum Gasteiger partial charge on any atom is 0.416 e. The van der Waals surface area contributed by atoms with Crippen molar-refractivity contribution < 1.29 is 18.0 Å². The van der Waals surface area contributed by atoms with Gasteiger partial charge in [-0.1, -0.05) is 41.9 Å². The molecule has 1 fully saturated rings. The number of carbonyl (C=O) groups excluding carboxylic acids is 1. The van der Waals surface area contributed by atoms with E-state index in [1.165, 1.54) is 16.7 Å². The van der Waals surface area contributed by atoms with Crippen LogP contribution in [0.25, 0.3) is 11.3 Å². The fourth-order valence-electron chi connectivity index (χ4n) is 3.51. The molecule has 3 aromatic rings. The van der Waals surface area contributed by atoms with Crippen LogP contribution in [0.3, 0.4) is 0 Å². The van der Waals surface area contributed by atoms with Gasteiger partial charge in [0.05, 0.1) is 11.3 Å². The van der Waals surface area contributed by atoms with E-state index in [1.807, 2.05) is 32.1 Å². The number of hydrogen-bond acceptors (Lipinski definition) is 2. The van der Waals surface area contributed by atoms with E-state index in [0.717, 1.165) is 41.7 Å². The fourth-order valence-corrected chi connectivity index (χ4v) is 3.51. The SMILES string of the molecule is Bc1ccc(-c2cn(CC(=O)NCc3cccc(C(F)(F)F)c3)c(=O)n2C2CC2)cc1. The molecule has 31 heavy (non-hydrogen) atoms.